The minimum Gasteiger partial charge on any atom is -0.379 e. The number of nitrogens with zero attached hydrogens (tertiary/aromatic N) is 3. The largest absolute Gasteiger partial charge is 0.379 e. The molecule has 0 atom stereocenters. The van der Waals surface area contributed by atoms with E-state index in [0.29, 0.717) is 42.6 Å². The summed E-state index contributed by atoms with van der Waals surface area (Å²) in [5.74, 6) is 0.655. The molecule has 0 aliphatic carbocycles. The van der Waals surface area contributed by atoms with Crippen LogP contribution in [0.25, 0.3) is 10.2 Å². The molecule has 7 nitrogen and oxygen atoms in total. The molecule has 0 N–H and O–H groups in total. The van der Waals surface area contributed by atoms with Gasteiger partial charge in [0.15, 0.2) is 15.0 Å². The highest BCUT2D eigenvalue weighted by Gasteiger charge is 2.23. The fourth-order valence-electron chi connectivity index (χ4n) is 3.75. The van der Waals surface area contributed by atoms with E-state index in [0.717, 1.165) is 29.2 Å². The van der Waals surface area contributed by atoms with Gasteiger partial charge in [0.05, 0.1) is 22.8 Å². The van der Waals surface area contributed by atoms with E-state index in [4.69, 9.17) is 4.74 Å². The van der Waals surface area contributed by atoms with Gasteiger partial charge in [0.25, 0.3) is 0 Å². The van der Waals surface area contributed by atoms with Gasteiger partial charge < -0.3 is 4.74 Å². The van der Waals surface area contributed by atoms with Gasteiger partial charge in [-0.3, -0.25) is 14.6 Å². The topological polar surface area (TPSA) is 79.8 Å². The first-order valence-corrected chi connectivity index (χ1v) is 14.9. The number of aromatic nitrogens is 1. The van der Waals surface area contributed by atoms with E-state index in [1.54, 1.807) is 28.8 Å². The molecule has 34 heavy (non-hydrogen) atoms. The number of fused-ring (bicyclic) bond motifs is 1. The monoisotopic (exact) mass is 519 g/mol. The fraction of sp³-hybridized carbons (Fsp3) is 0.417. The first-order chi connectivity index (χ1) is 16.3. The van der Waals surface area contributed by atoms with Crippen LogP contribution in [0.15, 0.2) is 52.3 Å². The van der Waals surface area contributed by atoms with Gasteiger partial charge in [0, 0.05) is 49.5 Å². The van der Waals surface area contributed by atoms with Crippen molar-refractivity contribution in [2.45, 2.75) is 23.1 Å². The van der Waals surface area contributed by atoms with Gasteiger partial charge in [-0.1, -0.05) is 35.1 Å². The number of thiazole rings is 1. The van der Waals surface area contributed by atoms with Crippen LogP contribution >= 0.6 is 23.1 Å². The lowest BCUT2D eigenvalue weighted by molar-refractivity contribution is -0.118. The second kappa shape index (κ2) is 11.2. The van der Waals surface area contributed by atoms with Crippen molar-refractivity contribution in [2.24, 2.45) is 0 Å². The number of hydrogen-bond donors (Lipinski definition) is 0. The Morgan fingerprint density at radius 3 is 2.62 bits per heavy atom. The Kier molecular flexibility index (Phi) is 8.26. The average molecular weight is 520 g/mol. The molecule has 1 aliphatic heterocycles. The highest BCUT2D eigenvalue weighted by atomic mass is 32.2. The maximum atomic E-state index is 13.3. The molecule has 1 aromatic heterocycles. The van der Waals surface area contributed by atoms with E-state index in [9.17, 15) is 13.2 Å². The first kappa shape index (κ1) is 25.1. The highest BCUT2D eigenvalue weighted by molar-refractivity contribution is 7.99. The number of amides is 1. The Balaban J connectivity index is 1.53. The number of sulfone groups is 1. The minimum absolute atomic E-state index is 0.00664. The molecule has 0 bridgehead atoms. The zero-order chi connectivity index (χ0) is 24.1. The van der Waals surface area contributed by atoms with Crippen LogP contribution in [-0.2, 0) is 19.4 Å². The van der Waals surface area contributed by atoms with Crippen LogP contribution < -0.4 is 4.90 Å². The second-order valence-electron chi connectivity index (χ2n) is 8.28. The summed E-state index contributed by atoms with van der Waals surface area (Å²) in [6.45, 7) is 6.33. The summed E-state index contributed by atoms with van der Waals surface area (Å²) in [5.41, 5.74) is 1.64. The standard InChI is InChI=1S/C24H29N3O4S3/c1-18-6-8-19(9-7-18)32-17-10-22(28)27(12-11-26-13-15-31-16-14-26)24-25-23-20(33-24)4-3-5-21(23)34(2,29)30/h3-9H,10-17H2,1-2H3. The molecule has 1 saturated heterocycles. The number of anilines is 1. The van der Waals surface area contributed by atoms with Gasteiger partial charge in [0.1, 0.15) is 5.52 Å². The number of carbonyl (C=O) groups is 1. The molecule has 0 unspecified atom stereocenters. The zero-order valence-electron chi connectivity index (χ0n) is 19.4. The third-order valence-corrected chi connectivity index (χ3v) is 8.84. The Labute approximate surface area is 209 Å². The van der Waals surface area contributed by atoms with Crippen LogP contribution in [0.2, 0.25) is 0 Å². The van der Waals surface area contributed by atoms with E-state index in [-0.39, 0.29) is 10.8 Å². The van der Waals surface area contributed by atoms with Crippen molar-refractivity contribution in [1.29, 1.82) is 0 Å². The summed E-state index contributed by atoms with van der Waals surface area (Å²) < 4.78 is 30.7. The Bertz CT molecular complexity index is 1240. The van der Waals surface area contributed by atoms with Crippen LogP contribution in [0.1, 0.15) is 12.0 Å². The molecule has 182 valence electrons. The first-order valence-electron chi connectivity index (χ1n) is 11.2. The van der Waals surface area contributed by atoms with E-state index in [2.05, 4.69) is 41.1 Å². The van der Waals surface area contributed by atoms with Gasteiger partial charge in [-0.2, -0.15) is 0 Å². The van der Waals surface area contributed by atoms with Crippen LogP contribution in [0.3, 0.4) is 0 Å². The Morgan fingerprint density at radius 2 is 1.91 bits per heavy atom. The molecule has 1 amide bonds. The van der Waals surface area contributed by atoms with E-state index < -0.39 is 9.84 Å². The molecule has 3 aromatic rings. The molecular weight excluding hydrogens is 490 g/mol. The number of morpholine rings is 1. The fourth-order valence-corrected chi connectivity index (χ4v) is 6.52. The zero-order valence-corrected chi connectivity index (χ0v) is 21.8. The third kappa shape index (κ3) is 6.37. The molecule has 10 heteroatoms. The van der Waals surface area contributed by atoms with Gasteiger partial charge in [-0.15, -0.1) is 11.8 Å². The summed E-state index contributed by atoms with van der Waals surface area (Å²) in [6, 6.07) is 13.4. The highest BCUT2D eigenvalue weighted by Crippen LogP contribution is 2.33. The summed E-state index contributed by atoms with van der Waals surface area (Å²) in [4.78, 5) is 23.3. The number of carbonyl (C=O) groups excluding carboxylic acids is 1. The number of thioether (sulfide) groups is 1. The lowest BCUT2D eigenvalue weighted by atomic mass is 10.2. The summed E-state index contributed by atoms with van der Waals surface area (Å²) in [7, 11) is -3.42. The van der Waals surface area contributed by atoms with Crippen molar-refractivity contribution in [3.63, 3.8) is 0 Å². The predicted octanol–water partition coefficient (Wildman–Crippen LogP) is 3.86. The van der Waals surface area contributed by atoms with E-state index in [1.807, 2.05) is 6.07 Å². The molecule has 1 aliphatic rings. The number of ether oxygens (including phenoxy) is 1. The average Bonchev–Trinajstić information content (AvgIpc) is 3.24. The molecule has 1 fully saturated rings. The number of rotatable bonds is 9. The van der Waals surface area contributed by atoms with Crippen molar-refractivity contribution < 1.29 is 17.9 Å². The number of aryl methyl sites for hydroxylation is 1. The molecule has 0 radical (unpaired) electrons. The lowest BCUT2D eigenvalue weighted by Gasteiger charge is -2.29. The Hall–Kier alpha value is -1.98. The van der Waals surface area contributed by atoms with Crippen LogP contribution in [-0.4, -0.2) is 75.6 Å². The van der Waals surface area contributed by atoms with Crippen molar-refractivity contribution in [2.75, 3.05) is 56.3 Å². The van der Waals surface area contributed by atoms with Gasteiger partial charge in [-0.05, 0) is 31.2 Å². The quantitative estimate of drug-likeness (QED) is 0.397. The molecule has 4 rings (SSSR count). The van der Waals surface area contributed by atoms with E-state index in [1.165, 1.54) is 23.2 Å². The predicted molar refractivity (Wildman–Crippen MR) is 139 cm³/mol. The molecule has 2 heterocycles. The minimum atomic E-state index is -3.42. The van der Waals surface area contributed by atoms with Crippen molar-refractivity contribution >= 4 is 54.2 Å². The van der Waals surface area contributed by atoms with Crippen molar-refractivity contribution in [3.8, 4) is 0 Å². The second-order valence-corrected chi connectivity index (χ2v) is 12.4. The summed E-state index contributed by atoms with van der Waals surface area (Å²) in [6.07, 6.45) is 1.56. The van der Waals surface area contributed by atoms with Gasteiger partial charge in [-0.25, -0.2) is 13.4 Å². The normalized spacial score (nSPS) is 15.0. The molecular formula is C24H29N3O4S3. The SMILES string of the molecule is Cc1ccc(SCCC(=O)N(CCN2CCOCC2)c2nc3c(S(C)(=O)=O)cccc3s2)cc1. The Morgan fingerprint density at radius 1 is 1.18 bits per heavy atom. The number of para-hydroxylation sites is 1. The molecule has 2 aromatic carbocycles. The van der Waals surface area contributed by atoms with Crippen LogP contribution in [0.5, 0.6) is 0 Å². The van der Waals surface area contributed by atoms with Crippen molar-refractivity contribution in [1.82, 2.24) is 9.88 Å². The summed E-state index contributed by atoms with van der Waals surface area (Å²) in [5, 5.41) is 0.546. The summed E-state index contributed by atoms with van der Waals surface area (Å²) >= 11 is 3.02. The third-order valence-electron chi connectivity index (χ3n) is 5.65. The van der Waals surface area contributed by atoms with Crippen LogP contribution in [0.4, 0.5) is 5.13 Å². The lowest BCUT2D eigenvalue weighted by Crippen LogP contribution is -2.43. The molecule has 0 spiro atoms. The number of benzene rings is 2. The molecule has 0 saturated carbocycles. The van der Waals surface area contributed by atoms with E-state index >= 15 is 0 Å². The number of hydrogen-bond acceptors (Lipinski definition) is 8. The van der Waals surface area contributed by atoms with Gasteiger partial charge >= 0.3 is 0 Å². The van der Waals surface area contributed by atoms with Crippen molar-refractivity contribution in [3.05, 3.63) is 48.0 Å². The smallest absolute Gasteiger partial charge is 0.229 e. The maximum absolute atomic E-state index is 13.3. The van der Waals surface area contributed by atoms with Gasteiger partial charge in [0.2, 0.25) is 5.91 Å². The van der Waals surface area contributed by atoms with Crippen LogP contribution in [0, 0.1) is 6.92 Å². The maximum Gasteiger partial charge on any atom is 0.229 e.